The number of nitriles is 1. The van der Waals surface area contributed by atoms with E-state index in [1.54, 1.807) is 13.8 Å². The molecule has 1 aromatic rings. The van der Waals surface area contributed by atoms with Crippen molar-refractivity contribution in [2.75, 3.05) is 11.4 Å². The average molecular weight is 339 g/mol. The van der Waals surface area contributed by atoms with Gasteiger partial charge in [-0.05, 0) is 43.5 Å². The summed E-state index contributed by atoms with van der Waals surface area (Å²) in [5, 5.41) is 19.0. The third-order valence-electron chi connectivity index (χ3n) is 4.95. The summed E-state index contributed by atoms with van der Waals surface area (Å²) in [7, 11) is 0. The molecule has 3 rings (SSSR count). The second-order valence-corrected chi connectivity index (χ2v) is 6.17. The first-order valence-electron chi connectivity index (χ1n) is 7.53. The number of anilines is 1. The Morgan fingerprint density at radius 2 is 1.96 bits per heavy atom. The van der Waals surface area contributed by atoms with Gasteiger partial charge in [0.1, 0.15) is 0 Å². The fourth-order valence-corrected chi connectivity index (χ4v) is 3.59. The van der Waals surface area contributed by atoms with E-state index < -0.39 is 30.4 Å². The Labute approximate surface area is 136 Å². The quantitative estimate of drug-likeness (QED) is 0.855. The summed E-state index contributed by atoms with van der Waals surface area (Å²) in [5.74, 6) is 0. The number of rotatable bonds is 1. The zero-order valence-electron chi connectivity index (χ0n) is 13.1. The molecule has 128 valence electrons. The number of hydrogen-bond acceptors (Lipinski definition) is 3. The summed E-state index contributed by atoms with van der Waals surface area (Å²) < 4.78 is 41.0. The minimum atomic E-state index is -4.67. The fraction of sp³-hybridized carbons (Fsp3) is 0.500. The standard InChI is InChI=1S/C16H16F3N3O2/c1-8-9(2)11(4-3-10(8)7-20)22-14(16(17,18)19)13-12(23)5-6-21(13)15(22)24/h3-4,12-14,23H,5-6H2,1-2H3/t12?,13-,14?/m0/s1. The van der Waals surface area contributed by atoms with Gasteiger partial charge >= 0.3 is 12.2 Å². The monoisotopic (exact) mass is 339 g/mol. The maximum absolute atomic E-state index is 13.7. The van der Waals surface area contributed by atoms with Gasteiger partial charge in [-0.3, -0.25) is 4.90 Å². The van der Waals surface area contributed by atoms with E-state index in [4.69, 9.17) is 5.26 Å². The highest BCUT2D eigenvalue weighted by Gasteiger charge is 2.62. The number of alkyl halides is 3. The Kier molecular flexibility index (Phi) is 3.72. The van der Waals surface area contributed by atoms with Crippen molar-refractivity contribution in [3.8, 4) is 6.07 Å². The van der Waals surface area contributed by atoms with Gasteiger partial charge in [0.25, 0.3) is 0 Å². The Morgan fingerprint density at radius 3 is 2.54 bits per heavy atom. The van der Waals surface area contributed by atoms with Crippen molar-refractivity contribution in [2.24, 2.45) is 0 Å². The van der Waals surface area contributed by atoms with Gasteiger partial charge in [-0.25, -0.2) is 4.79 Å². The first-order chi connectivity index (χ1) is 11.2. The average Bonchev–Trinajstić information content (AvgIpc) is 3.01. The first kappa shape index (κ1) is 16.6. The summed E-state index contributed by atoms with van der Waals surface area (Å²) in [5.41, 5.74) is 1.47. The summed E-state index contributed by atoms with van der Waals surface area (Å²) in [4.78, 5) is 14.4. The van der Waals surface area contributed by atoms with E-state index in [1.807, 2.05) is 6.07 Å². The summed E-state index contributed by atoms with van der Waals surface area (Å²) in [6.45, 7) is 3.32. The van der Waals surface area contributed by atoms with E-state index in [0.29, 0.717) is 16.7 Å². The molecule has 0 saturated carbocycles. The molecule has 2 aliphatic heterocycles. The molecule has 0 spiro atoms. The molecule has 0 radical (unpaired) electrons. The second-order valence-electron chi connectivity index (χ2n) is 6.17. The molecule has 3 atom stereocenters. The number of nitrogens with zero attached hydrogens (tertiary/aromatic N) is 3. The highest BCUT2D eigenvalue weighted by atomic mass is 19.4. The number of benzene rings is 1. The van der Waals surface area contributed by atoms with Crippen LogP contribution in [0.5, 0.6) is 0 Å². The SMILES string of the molecule is Cc1c(C#N)ccc(N2C(=O)N3CCC(O)[C@H]3C2C(F)(F)F)c1C. The Morgan fingerprint density at radius 1 is 1.29 bits per heavy atom. The molecule has 2 unspecified atom stereocenters. The zero-order chi connectivity index (χ0) is 17.8. The number of urea groups is 1. The maximum Gasteiger partial charge on any atom is 0.411 e. The molecule has 0 bridgehead atoms. The summed E-state index contributed by atoms with van der Waals surface area (Å²) >= 11 is 0. The Bertz CT molecular complexity index is 741. The molecule has 5 nitrogen and oxygen atoms in total. The van der Waals surface area contributed by atoms with Crippen LogP contribution in [0, 0.1) is 25.2 Å². The van der Waals surface area contributed by atoms with Crippen molar-refractivity contribution < 1.29 is 23.1 Å². The van der Waals surface area contributed by atoms with E-state index in [2.05, 4.69) is 0 Å². The molecule has 1 aromatic carbocycles. The molecule has 0 aliphatic carbocycles. The van der Waals surface area contributed by atoms with Gasteiger partial charge in [-0.2, -0.15) is 18.4 Å². The molecule has 2 fully saturated rings. The number of amides is 2. The lowest BCUT2D eigenvalue weighted by Gasteiger charge is -2.30. The summed E-state index contributed by atoms with van der Waals surface area (Å²) in [6, 6.07) is 0.600. The topological polar surface area (TPSA) is 67.6 Å². The summed E-state index contributed by atoms with van der Waals surface area (Å²) in [6.07, 6.45) is -5.73. The van der Waals surface area contributed by atoms with Crippen LogP contribution in [0.1, 0.15) is 23.1 Å². The van der Waals surface area contributed by atoms with Crippen LogP contribution in [0.3, 0.4) is 0 Å². The predicted molar refractivity (Wildman–Crippen MR) is 79.5 cm³/mol. The van der Waals surface area contributed by atoms with E-state index in [0.717, 1.165) is 9.80 Å². The van der Waals surface area contributed by atoms with Crippen LogP contribution in [0.4, 0.5) is 23.7 Å². The van der Waals surface area contributed by atoms with Crippen LogP contribution in [0.25, 0.3) is 0 Å². The molecule has 1 N–H and O–H groups in total. The fourth-order valence-electron chi connectivity index (χ4n) is 3.59. The Balaban J connectivity index is 2.14. The number of carbonyl (C=O) groups is 1. The minimum Gasteiger partial charge on any atom is -0.391 e. The van der Waals surface area contributed by atoms with Crippen LogP contribution in [0.2, 0.25) is 0 Å². The molecular formula is C16H16F3N3O2. The van der Waals surface area contributed by atoms with Crippen molar-refractivity contribution >= 4 is 11.7 Å². The van der Waals surface area contributed by atoms with Gasteiger partial charge in [0.05, 0.1) is 23.8 Å². The lowest BCUT2D eigenvalue weighted by Crippen LogP contribution is -2.51. The van der Waals surface area contributed by atoms with Crippen LogP contribution in [-0.2, 0) is 0 Å². The van der Waals surface area contributed by atoms with Gasteiger partial charge in [0.2, 0.25) is 0 Å². The van der Waals surface area contributed by atoms with Crippen molar-refractivity contribution in [3.63, 3.8) is 0 Å². The van der Waals surface area contributed by atoms with E-state index in [1.165, 1.54) is 12.1 Å². The molecule has 2 saturated heterocycles. The molecule has 24 heavy (non-hydrogen) atoms. The lowest BCUT2D eigenvalue weighted by molar-refractivity contribution is -0.156. The van der Waals surface area contributed by atoms with E-state index >= 15 is 0 Å². The number of halogens is 3. The maximum atomic E-state index is 13.7. The number of hydrogen-bond donors (Lipinski definition) is 1. The van der Waals surface area contributed by atoms with Gasteiger partial charge in [0, 0.05) is 12.2 Å². The third-order valence-corrected chi connectivity index (χ3v) is 4.95. The molecule has 0 aromatic heterocycles. The van der Waals surface area contributed by atoms with Crippen LogP contribution in [-0.4, -0.2) is 46.9 Å². The number of fused-ring (bicyclic) bond motifs is 1. The highest BCUT2D eigenvalue weighted by Crippen LogP contribution is 2.43. The first-order valence-corrected chi connectivity index (χ1v) is 7.53. The smallest absolute Gasteiger partial charge is 0.391 e. The largest absolute Gasteiger partial charge is 0.411 e. The number of carbonyl (C=O) groups excluding carboxylic acids is 1. The molecule has 8 heteroatoms. The minimum absolute atomic E-state index is 0.0993. The highest BCUT2D eigenvalue weighted by molar-refractivity contribution is 5.97. The van der Waals surface area contributed by atoms with E-state index in [-0.39, 0.29) is 18.7 Å². The normalized spacial score (nSPS) is 26.7. The van der Waals surface area contributed by atoms with Crippen molar-refractivity contribution in [1.29, 1.82) is 5.26 Å². The zero-order valence-corrected chi connectivity index (χ0v) is 13.1. The molecule has 2 aliphatic rings. The molecule has 2 heterocycles. The van der Waals surface area contributed by atoms with E-state index in [9.17, 15) is 23.1 Å². The van der Waals surface area contributed by atoms with Crippen LogP contribution >= 0.6 is 0 Å². The molecular weight excluding hydrogens is 323 g/mol. The van der Waals surface area contributed by atoms with Crippen molar-refractivity contribution in [2.45, 2.75) is 44.6 Å². The Hall–Kier alpha value is -2.27. The van der Waals surface area contributed by atoms with Gasteiger partial charge in [0.15, 0.2) is 6.04 Å². The molecule has 2 amide bonds. The van der Waals surface area contributed by atoms with Crippen LogP contribution < -0.4 is 4.90 Å². The van der Waals surface area contributed by atoms with Crippen LogP contribution in [0.15, 0.2) is 12.1 Å². The lowest BCUT2D eigenvalue weighted by atomic mass is 9.98. The predicted octanol–water partition coefficient (Wildman–Crippen LogP) is 2.48. The third kappa shape index (κ3) is 2.23. The van der Waals surface area contributed by atoms with Gasteiger partial charge in [-0.15, -0.1) is 0 Å². The number of aliphatic hydroxyl groups is 1. The number of aliphatic hydroxyl groups excluding tert-OH is 1. The van der Waals surface area contributed by atoms with Gasteiger partial charge < -0.3 is 10.0 Å². The second kappa shape index (κ2) is 5.38. The van der Waals surface area contributed by atoms with Crippen molar-refractivity contribution in [3.05, 3.63) is 28.8 Å². The van der Waals surface area contributed by atoms with Crippen molar-refractivity contribution in [1.82, 2.24) is 4.90 Å². The van der Waals surface area contributed by atoms with Gasteiger partial charge in [-0.1, -0.05) is 0 Å².